The fraction of sp³-hybridized carbons (Fsp3) is 0.182. The molecule has 2 aromatic heterocycles. The number of hydrogen-bond acceptors (Lipinski definition) is 6. The van der Waals surface area contributed by atoms with E-state index in [2.05, 4.69) is 27.4 Å². The maximum absolute atomic E-state index is 12.8. The maximum atomic E-state index is 12.8. The van der Waals surface area contributed by atoms with E-state index in [1.54, 1.807) is 35.9 Å². The number of aromatic nitrogens is 1. The first-order chi connectivity index (χ1) is 13.8. The number of pyridine rings is 1. The standard InChI is InChI=1S/C22H18N2O3S/c25-21-17-5-6-19-18(13-24(14-26-19)9-7-16-4-2-10-28-16)22(17)27-20(21)11-15-3-1-8-23-12-15/h1-6,8,10-12H,7,9,13-14H2. The molecule has 1 aromatic carbocycles. The fourth-order valence-electron chi connectivity index (χ4n) is 3.48. The summed E-state index contributed by atoms with van der Waals surface area (Å²) in [6, 6.07) is 11.6. The molecule has 0 bridgehead atoms. The van der Waals surface area contributed by atoms with Crippen LogP contribution in [0.4, 0.5) is 0 Å². The molecule has 4 heterocycles. The second-order valence-electron chi connectivity index (χ2n) is 6.80. The number of ether oxygens (including phenoxy) is 2. The molecule has 3 aromatic rings. The van der Waals surface area contributed by atoms with E-state index in [0.717, 1.165) is 29.8 Å². The Morgan fingerprint density at radius 3 is 3.00 bits per heavy atom. The number of allylic oxidation sites excluding steroid dienone is 1. The zero-order chi connectivity index (χ0) is 18.9. The van der Waals surface area contributed by atoms with Crippen molar-refractivity contribution in [1.29, 1.82) is 0 Å². The van der Waals surface area contributed by atoms with Gasteiger partial charge in [0.2, 0.25) is 5.78 Å². The molecular weight excluding hydrogens is 372 g/mol. The highest BCUT2D eigenvalue weighted by atomic mass is 32.1. The van der Waals surface area contributed by atoms with Gasteiger partial charge in [-0.1, -0.05) is 12.1 Å². The van der Waals surface area contributed by atoms with Crippen LogP contribution in [0.25, 0.3) is 6.08 Å². The molecule has 6 heteroatoms. The van der Waals surface area contributed by atoms with Gasteiger partial charge in [-0.25, -0.2) is 0 Å². The maximum Gasteiger partial charge on any atom is 0.231 e. The van der Waals surface area contributed by atoms with Crippen LogP contribution in [-0.2, 0) is 13.0 Å². The lowest BCUT2D eigenvalue weighted by atomic mass is 10.0. The van der Waals surface area contributed by atoms with Crippen LogP contribution in [0.3, 0.4) is 0 Å². The first-order valence-electron chi connectivity index (χ1n) is 9.15. The van der Waals surface area contributed by atoms with E-state index >= 15 is 0 Å². The Balaban J connectivity index is 1.39. The number of hydrogen-bond donors (Lipinski definition) is 0. The van der Waals surface area contributed by atoms with Crippen molar-refractivity contribution in [2.24, 2.45) is 0 Å². The van der Waals surface area contributed by atoms with Crippen molar-refractivity contribution in [3.05, 3.63) is 81.5 Å². The number of Topliss-reactive ketones (excluding diaryl/α,β-unsaturated/α-hetero) is 1. The molecule has 0 N–H and O–H groups in total. The molecule has 140 valence electrons. The van der Waals surface area contributed by atoms with E-state index < -0.39 is 0 Å². The third kappa shape index (κ3) is 3.21. The molecule has 0 fully saturated rings. The summed E-state index contributed by atoms with van der Waals surface area (Å²) in [5, 5.41) is 2.10. The van der Waals surface area contributed by atoms with Gasteiger partial charge in [0.05, 0.1) is 11.1 Å². The molecular formula is C22H18N2O3S. The Kier molecular flexibility index (Phi) is 4.43. The van der Waals surface area contributed by atoms with Gasteiger partial charge < -0.3 is 9.47 Å². The molecule has 0 amide bonds. The van der Waals surface area contributed by atoms with Gasteiger partial charge in [-0.05, 0) is 47.7 Å². The van der Waals surface area contributed by atoms with E-state index in [4.69, 9.17) is 9.47 Å². The van der Waals surface area contributed by atoms with Gasteiger partial charge in [0.25, 0.3) is 0 Å². The topological polar surface area (TPSA) is 51.7 Å². The summed E-state index contributed by atoms with van der Waals surface area (Å²) in [4.78, 5) is 20.5. The van der Waals surface area contributed by atoms with Crippen LogP contribution in [0.5, 0.6) is 11.5 Å². The van der Waals surface area contributed by atoms with E-state index in [1.807, 2.05) is 18.2 Å². The molecule has 5 nitrogen and oxygen atoms in total. The molecule has 0 radical (unpaired) electrons. The molecule has 0 spiro atoms. The van der Waals surface area contributed by atoms with Crippen molar-refractivity contribution in [3.63, 3.8) is 0 Å². The molecule has 0 aliphatic carbocycles. The minimum Gasteiger partial charge on any atom is -0.478 e. The quantitative estimate of drug-likeness (QED) is 0.627. The highest BCUT2D eigenvalue weighted by molar-refractivity contribution is 7.09. The van der Waals surface area contributed by atoms with Crippen LogP contribution < -0.4 is 9.47 Å². The van der Waals surface area contributed by atoms with Gasteiger partial charge in [0.1, 0.15) is 18.2 Å². The number of ketones is 1. The average molecular weight is 390 g/mol. The number of benzene rings is 1. The Morgan fingerprint density at radius 2 is 2.18 bits per heavy atom. The van der Waals surface area contributed by atoms with Crippen molar-refractivity contribution in [2.75, 3.05) is 13.3 Å². The molecule has 2 aliphatic rings. The molecule has 28 heavy (non-hydrogen) atoms. The smallest absolute Gasteiger partial charge is 0.231 e. The van der Waals surface area contributed by atoms with Gasteiger partial charge in [0, 0.05) is 30.4 Å². The van der Waals surface area contributed by atoms with E-state index in [9.17, 15) is 4.79 Å². The number of fused-ring (bicyclic) bond motifs is 3. The lowest BCUT2D eigenvalue weighted by Crippen LogP contribution is -2.33. The predicted molar refractivity (Wildman–Crippen MR) is 108 cm³/mol. The summed E-state index contributed by atoms with van der Waals surface area (Å²) < 4.78 is 11.9. The van der Waals surface area contributed by atoms with Crippen LogP contribution in [0.1, 0.15) is 26.4 Å². The third-order valence-electron chi connectivity index (χ3n) is 4.92. The summed E-state index contributed by atoms with van der Waals surface area (Å²) in [5.74, 6) is 1.64. The molecule has 0 atom stereocenters. The molecule has 0 saturated heterocycles. The van der Waals surface area contributed by atoms with Crippen LogP contribution in [-0.4, -0.2) is 28.9 Å². The molecule has 0 unspecified atom stereocenters. The van der Waals surface area contributed by atoms with Gasteiger partial charge in [0.15, 0.2) is 5.76 Å². The SMILES string of the molecule is O=C1C(=Cc2cccnc2)Oc2c1ccc1c2CN(CCc2cccs2)CO1. The number of rotatable bonds is 4. The number of thiophene rings is 1. The van der Waals surface area contributed by atoms with Crippen molar-refractivity contribution < 1.29 is 14.3 Å². The van der Waals surface area contributed by atoms with Crippen LogP contribution in [0, 0.1) is 0 Å². The summed E-state index contributed by atoms with van der Waals surface area (Å²) in [7, 11) is 0. The number of carbonyl (C=O) groups is 1. The second kappa shape index (κ2) is 7.22. The van der Waals surface area contributed by atoms with Crippen molar-refractivity contribution in [2.45, 2.75) is 13.0 Å². The first kappa shape index (κ1) is 17.2. The lowest BCUT2D eigenvalue weighted by Gasteiger charge is -2.29. The van der Waals surface area contributed by atoms with E-state index in [1.165, 1.54) is 4.88 Å². The summed E-state index contributed by atoms with van der Waals surface area (Å²) >= 11 is 1.77. The zero-order valence-corrected chi connectivity index (χ0v) is 15.9. The number of carbonyl (C=O) groups excluding carboxylic acids is 1. The highest BCUT2D eigenvalue weighted by Crippen LogP contribution is 2.42. The third-order valence-corrected chi connectivity index (χ3v) is 5.86. The lowest BCUT2D eigenvalue weighted by molar-refractivity contribution is 0.0951. The fourth-order valence-corrected chi connectivity index (χ4v) is 4.18. The van der Waals surface area contributed by atoms with Crippen LogP contribution in [0.2, 0.25) is 0 Å². The van der Waals surface area contributed by atoms with Crippen molar-refractivity contribution in [1.82, 2.24) is 9.88 Å². The zero-order valence-electron chi connectivity index (χ0n) is 15.1. The second-order valence-corrected chi connectivity index (χ2v) is 7.83. The highest BCUT2D eigenvalue weighted by Gasteiger charge is 2.33. The Hall–Kier alpha value is -2.96. The van der Waals surface area contributed by atoms with Crippen molar-refractivity contribution >= 4 is 23.2 Å². The van der Waals surface area contributed by atoms with Gasteiger partial charge >= 0.3 is 0 Å². The largest absolute Gasteiger partial charge is 0.478 e. The normalized spacial score (nSPS) is 17.1. The van der Waals surface area contributed by atoms with Crippen LogP contribution >= 0.6 is 11.3 Å². The van der Waals surface area contributed by atoms with Gasteiger partial charge in [-0.15, -0.1) is 11.3 Å². The van der Waals surface area contributed by atoms with Crippen LogP contribution in [0.15, 0.2) is 59.9 Å². The van der Waals surface area contributed by atoms with Gasteiger partial charge in [-0.2, -0.15) is 0 Å². The Labute approximate surface area is 166 Å². The molecule has 0 saturated carbocycles. The summed E-state index contributed by atoms with van der Waals surface area (Å²) in [6.45, 7) is 2.15. The van der Waals surface area contributed by atoms with E-state index in [0.29, 0.717) is 30.3 Å². The first-order valence-corrected chi connectivity index (χ1v) is 10.0. The summed E-state index contributed by atoms with van der Waals surface area (Å²) in [6.07, 6.45) is 6.13. The van der Waals surface area contributed by atoms with Crippen molar-refractivity contribution in [3.8, 4) is 11.5 Å². The van der Waals surface area contributed by atoms with E-state index in [-0.39, 0.29) is 5.78 Å². The minimum absolute atomic E-state index is 0.0997. The average Bonchev–Trinajstić information content (AvgIpc) is 3.36. The Morgan fingerprint density at radius 1 is 1.21 bits per heavy atom. The molecule has 5 rings (SSSR count). The Bertz CT molecular complexity index is 1050. The van der Waals surface area contributed by atoms with Gasteiger partial charge in [-0.3, -0.25) is 14.7 Å². The number of nitrogens with zero attached hydrogens (tertiary/aromatic N) is 2. The monoisotopic (exact) mass is 390 g/mol. The predicted octanol–water partition coefficient (Wildman–Crippen LogP) is 4.15. The summed E-state index contributed by atoms with van der Waals surface area (Å²) in [5.41, 5.74) is 2.37. The molecule has 2 aliphatic heterocycles. The minimum atomic E-state index is -0.0997.